The number of hydrogen-bond acceptors (Lipinski definition) is 5. The van der Waals surface area contributed by atoms with Gasteiger partial charge in [-0.05, 0) is 12.1 Å². The lowest BCUT2D eigenvalue weighted by Gasteiger charge is -2.03. The SMILES string of the molecule is CNc1nnc(-c2ccnc(N)c2)n1C. The Kier molecular flexibility index (Phi) is 2.24. The molecule has 2 rings (SSSR count). The third-order valence-corrected chi connectivity index (χ3v) is 2.14. The summed E-state index contributed by atoms with van der Waals surface area (Å²) >= 11 is 0. The van der Waals surface area contributed by atoms with Crippen LogP contribution in [0.3, 0.4) is 0 Å². The van der Waals surface area contributed by atoms with Gasteiger partial charge in [-0.1, -0.05) is 0 Å². The fourth-order valence-electron chi connectivity index (χ4n) is 1.39. The van der Waals surface area contributed by atoms with Gasteiger partial charge in [-0.3, -0.25) is 4.57 Å². The van der Waals surface area contributed by atoms with Crippen molar-refractivity contribution in [3.8, 4) is 11.4 Å². The molecule has 3 N–H and O–H groups in total. The van der Waals surface area contributed by atoms with E-state index in [0.29, 0.717) is 11.8 Å². The zero-order valence-corrected chi connectivity index (χ0v) is 8.60. The first-order chi connectivity index (χ1) is 7.22. The largest absolute Gasteiger partial charge is 0.384 e. The number of aromatic nitrogens is 4. The zero-order valence-electron chi connectivity index (χ0n) is 8.60. The van der Waals surface area contributed by atoms with Crippen molar-refractivity contribution < 1.29 is 0 Å². The van der Waals surface area contributed by atoms with Crippen LogP contribution in [0.2, 0.25) is 0 Å². The van der Waals surface area contributed by atoms with Crippen molar-refractivity contribution in [3.05, 3.63) is 18.3 Å². The molecule has 0 amide bonds. The predicted octanol–water partition coefficient (Wildman–Crippen LogP) is 0.501. The number of anilines is 2. The Bertz CT molecular complexity index is 475. The zero-order chi connectivity index (χ0) is 10.8. The van der Waals surface area contributed by atoms with Gasteiger partial charge in [-0.15, -0.1) is 10.2 Å². The molecule has 0 aliphatic rings. The lowest BCUT2D eigenvalue weighted by Crippen LogP contribution is -2.00. The predicted molar refractivity (Wildman–Crippen MR) is 58.2 cm³/mol. The molecule has 0 saturated heterocycles. The first-order valence-corrected chi connectivity index (χ1v) is 4.51. The molecule has 0 spiro atoms. The molecule has 2 heterocycles. The summed E-state index contributed by atoms with van der Waals surface area (Å²) in [5.41, 5.74) is 6.50. The van der Waals surface area contributed by atoms with E-state index in [1.165, 1.54) is 0 Å². The summed E-state index contributed by atoms with van der Waals surface area (Å²) in [4.78, 5) is 3.93. The summed E-state index contributed by atoms with van der Waals surface area (Å²) in [6.45, 7) is 0. The number of hydrogen-bond donors (Lipinski definition) is 2. The van der Waals surface area contributed by atoms with Crippen molar-refractivity contribution in [2.24, 2.45) is 7.05 Å². The summed E-state index contributed by atoms with van der Waals surface area (Å²) in [5.74, 6) is 1.94. The maximum Gasteiger partial charge on any atom is 0.224 e. The van der Waals surface area contributed by atoms with Gasteiger partial charge in [0.2, 0.25) is 5.95 Å². The van der Waals surface area contributed by atoms with Crippen LogP contribution >= 0.6 is 0 Å². The molecule has 78 valence electrons. The van der Waals surface area contributed by atoms with Crippen LogP contribution in [0, 0.1) is 0 Å². The molecule has 0 radical (unpaired) electrons. The van der Waals surface area contributed by atoms with Crippen molar-refractivity contribution in [2.45, 2.75) is 0 Å². The second kappa shape index (κ2) is 3.56. The topological polar surface area (TPSA) is 81.7 Å². The molecule has 6 heteroatoms. The molecule has 6 nitrogen and oxygen atoms in total. The Labute approximate surface area is 87.2 Å². The summed E-state index contributed by atoms with van der Waals surface area (Å²) in [5, 5.41) is 11.0. The van der Waals surface area contributed by atoms with E-state index < -0.39 is 0 Å². The minimum atomic E-state index is 0.474. The maximum absolute atomic E-state index is 5.60. The van der Waals surface area contributed by atoms with Crippen molar-refractivity contribution in [1.29, 1.82) is 0 Å². The molecular formula is C9H12N6. The summed E-state index contributed by atoms with van der Waals surface area (Å²) in [7, 11) is 3.69. The molecule has 0 unspecified atom stereocenters. The van der Waals surface area contributed by atoms with Gasteiger partial charge in [-0.2, -0.15) is 0 Å². The van der Waals surface area contributed by atoms with Gasteiger partial charge in [0.15, 0.2) is 5.82 Å². The van der Waals surface area contributed by atoms with E-state index in [1.807, 2.05) is 17.7 Å². The monoisotopic (exact) mass is 204 g/mol. The Morgan fingerprint density at radius 2 is 2.20 bits per heavy atom. The molecular weight excluding hydrogens is 192 g/mol. The van der Waals surface area contributed by atoms with Crippen LogP contribution in [0.15, 0.2) is 18.3 Å². The molecule has 0 fully saturated rings. The number of nitrogens with two attached hydrogens (primary N) is 1. The van der Waals surface area contributed by atoms with E-state index in [4.69, 9.17) is 5.73 Å². The molecule has 0 aliphatic carbocycles. The van der Waals surface area contributed by atoms with Gasteiger partial charge in [0.1, 0.15) is 5.82 Å². The standard InChI is InChI=1S/C9H12N6/c1-11-9-14-13-8(15(9)2)6-3-4-12-7(10)5-6/h3-5H,1-2H3,(H2,10,12)(H,11,14). The average molecular weight is 204 g/mol. The van der Waals surface area contributed by atoms with Crippen molar-refractivity contribution >= 4 is 11.8 Å². The quantitative estimate of drug-likeness (QED) is 0.744. The van der Waals surface area contributed by atoms with Gasteiger partial charge in [-0.25, -0.2) is 4.98 Å². The highest BCUT2D eigenvalue weighted by molar-refractivity contribution is 5.60. The van der Waals surface area contributed by atoms with E-state index in [1.54, 1.807) is 19.3 Å². The number of pyridine rings is 1. The lowest BCUT2D eigenvalue weighted by atomic mass is 10.2. The second-order valence-corrected chi connectivity index (χ2v) is 3.13. The van der Waals surface area contributed by atoms with Gasteiger partial charge >= 0.3 is 0 Å². The highest BCUT2D eigenvalue weighted by Gasteiger charge is 2.09. The van der Waals surface area contributed by atoms with Crippen LogP contribution < -0.4 is 11.1 Å². The van der Waals surface area contributed by atoms with Crippen LogP contribution in [0.25, 0.3) is 11.4 Å². The van der Waals surface area contributed by atoms with E-state index in [-0.39, 0.29) is 0 Å². The fourth-order valence-corrected chi connectivity index (χ4v) is 1.39. The summed E-state index contributed by atoms with van der Waals surface area (Å²) < 4.78 is 1.86. The molecule has 2 aromatic heterocycles. The Balaban J connectivity index is 2.49. The van der Waals surface area contributed by atoms with Crippen molar-refractivity contribution in [1.82, 2.24) is 19.7 Å². The first kappa shape index (κ1) is 9.45. The van der Waals surface area contributed by atoms with Crippen LogP contribution in [0.1, 0.15) is 0 Å². The molecule has 0 aromatic carbocycles. The van der Waals surface area contributed by atoms with Crippen molar-refractivity contribution in [3.63, 3.8) is 0 Å². The highest BCUT2D eigenvalue weighted by Crippen LogP contribution is 2.19. The average Bonchev–Trinajstić information content (AvgIpc) is 2.59. The highest BCUT2D eigenvalue weighted by atomic mass is 15.3. The van der Waals surface area contributed by atoms with Crippen LogP contribution in [0.4, 0.5) is 11.8 Å². The Morgan fingerprint density at radius 3 is 2.80 bits per heavy atom. The molecule has 0 aliphatic heterocycles. The summed E-state index contributed by atoms with van der Waals surface area (Å²) in [6, 6.07) is 3.61. The number of rotatable bonds is 2. The Morgan fingerprint density at radius 1 is 1.40 bits per heavy atom. The second-order valence-electron chi connectivity index (χ2n) is 3.13. The number of nitrogen functional groups attached to an aromatic ring is 1. The number of nitrogens with one attached hydrogen (secondary N) is 1. The van der Waals surface area contributed by atoms with E-state index in [9.17, 15) is 0 Å². The third-order valence-electron chi connectivity index (χ3n) is 2.14. The third kappa shape index (κ3) is 1.61. The lowest BCUT2D eigenvalue weighted by molar-refractivity contribution is 0.925. The first-order valence-electron chi connectivity index (χ1n) is 4.51. The van der Waals surface area contributed by atoms with Gasteiger partial charge in [0, 0.05) is 25.9 Å². The molecule has 0 bridgehead atoms. The van der Waals surface area contributed by atoms with Gasteiger partial charge in [0.05, 0.1) is 0 Å². The van der Waals surface area contributed by atoms with Crippen LogP contribution in [-0.2, 0) is 7.05 Å². The normalized spacial score (nSPS) is 10.3. The van der Waals surface area contributed by atoms with E-state index in [0.717, 1.165) is 11.4 Å². The van der Waals surface area contributed by atoms with Gasteiger partial charge < -0.3 is 11.1 Å². The molecule has 0 saturated carbocycles. The van der Waals surface area contributed by atoms with Gasteiger partial charge in [0.25, 0.3) is 0 Å². The fraction of sp³-hybridized carbons (Fsp3) is 0.222. The van der Waals surface area contributed by atoms with Crippen molar-refractivity contribution in [2.75, 3.05) is 18.1 Å². The van der Waals surface area contributed by atoms with E-state index in [2.05, 4.69) is 20.5 Å². The minimum Gasteiger partial charge on any atom is -0.384 e. The van der Waals surface area contributed by atoms with Crippen LogP contribution in [0.5, 0.6) is 0 Å². The molecule has 2 aromatic rings. The molecule has 15 heavy (non-hydrogen) atoms. The van der Waals surface area contributed by atoms with E-state index >= 15 is 0 Å². The smallest absolute Gasteiger partial charge is 0.224 e. The minimum absolute atomic E-state index is 0.474. The summed E-state index contributed by atoms with van der Waals surface area (Å²) in [6.07, 6.45) is 1.65. The number of nitrogens with zero attached hydrogens (tertiary/aromatic N) is 4. The Hall–Kier alpha value is -2.11. The maximum atomic E-state index is 5.60. The van der Waals surface area contributed by atoms with Crippen LogP contribution in [-0.4, -0.2) is 26.8 Å². The molecule has 0 atom stereocenters.